The normalized spacial score (nSPS) is 10.4. The molecule has 0 saturated heterocycles. The maximum absolute atomic E-state index is 12.2. The molecule has 0 unspecified atom stereocenters. The number of hydrogen-bond donors (Lipinski definition) is 1. The van der Waals surface area contributed by atoms with Gasteiger partial charge in [0.05, 0.1) is 0 Å². The second-order valence-corrected chi connectivity index (χ2v) is 5.29. The van der Waals surface area contributed by atoms with Crippen LogP contribution in [-0.2, 0) is 0 Å². The number of anilines is 1. The molecular weight excluding hydrogens is 316 g/mol. The first kappa shape index (κ1) is 12.8. The molecule has 0 aliphatic rings. The van der Waals surface area contributed by atoms with E-state index in [2.05, 4.69) is 26.2 Å². The maximum Gasteiger partial charge on any atom is 0.256 e. The number of aromatic nitrogens is 1. The van der Waals surface area contributed by atoms with Crippen molar-refractivity contribution in [3.63, 3.8) is 0 Å². The summed E-state index contributed by atoms with van der Waals surface area (Å²) in [5.41, 5.74) is 0.616. The van der Waals surface area contributed by atoms with Crippen LogP contribution < -0.4 is 5.32 Å². The Morgan fingerprint density at radius 3 is 2.60 bits per heavy atom. The minimum atomic E-state index is -0.159. The summed E-state index contributed by atoms with van der Waals surface area (Å²) >= 11 is 3.44. The Kier molecular flexibility index (Phi) is 3.48. The molecule has 0 saturated carbocycles. The molecule has 1 aromatic heterocycles. The van der Waals surface area contributed by atoms with E-state index >= 15 is 0 Å². The summed E-state index contributed by atoms with van der Waals surface area (Å²) in [5.74, 6) is 0.391. The van der Waals surface area contributed by atoms with Gasteiger partial charge in [0, 0.05) is 16.2 Å². The van der Waals surface area contributed by atoms with Gasteiger partial charge in [0.25, 0.3) is 5.91 Å². The lowest BCUT2D eigenvalue weighted by atomic mass is 10.1. The number of benzene rings is 2. The van der Waals surface area contributed by atoms with Crippen LogP contribution in [0.1, 0.15) is 10.4 Å². The van der Waals surface area contributed by atoms with E-state index in [-0.39, 0.29) is 5.91 Å². The van der Waals surface area contributed by atoms with E-state index in [1.165, 1.54) is 0 Å². The molecule has 1 heterocycles. The van der Waals surface area contributed by atoms with Crippen LogP contribution in [0.15, 0.2) is 65.3 Å². The van der Waals surface area contributed by atoms with Gasteiger partial charge in [0.15, 0.2) is 0 Å². The maximum atomic E-state index is 12.2. The number of nitrogens with one attached hydrogen (secondary N) is 1. The van der Waals surface area contributed by atoms with E-state index in [1.54, 1.807) is 12.3 Å². The van der Waals surface area contributed by atoms with Crippen LogP contribution in [0.2, 0.25) is 0 Å². The number of hydrogen-bond acceptors (Lipinski definition) is 2. The lowest BCUT2D eigenvalue weighted by Gasteiger charge is -2.05. The second-order valence-electron chi connectivity index (χ2n) is 4.38. The molecule has 0 fully saturated rings. The van der Waals surface area contributed by atoms with Crippen LogP contribution in [0.4, 0.5) is 5.82 Å². The van der Waals surface area contributed by atoms with Crippen molar-refractivity contribution in [2.24, 2.45) is 0 Å². The lowest BCUT2D eigenvalue weighted by Crippen LogP contribution is -2.12. The summed E-state index contributed by atoms with van der Waals surface area (Å²) in [7, 11) is 0. The van der Waals surface area contributed by atoms with Gasteiger partial charge in [-0.05, 0) is 47.2 Å². The largest absolute Gasteiger partial charge is 0.307 e. The molecule has 3 nitrogen and oxygen atoms in total. The van der Waals surface area contributed by atoms with Crippen molar-refractivity contribution in [1.29, 1.82) is 0 Å². The van der Waals surface area contributed by atoms with Crippen LogP contribution >= 0.6 is 15.9 Å². The van der Waals surface area contributed by atoms with E-state index in [0.29, 0.717) is 11.4 Å². The average molecular weight is 327 g/mol. The molecule has 1 amide bonds. The average Bonchev–Trinajstić information content (AvgIpc) is 2.47. The predicted molar refractivity (Wildman–Crippen MR) is 83.8 cm³/mol. The number of halogens is 1. The Balaban J connectivity index is 1.90. The molecule has 0 radical (unpaired) electrons. The van der Waals surface area contributed by atoms with Gasteiger partial charge in [-0.2, -0.15) is 0 Å². The number of fused-ring (bicyclic) bond motifs is 1. The van der Waals surface area contributed by atoms with E-state index in [4.69, 9.17) is 0 Å². The molecule has 98 valence electrons. The van der Waals surface area contributed by atoms with Crippen molar-refractivity contribution in [1.82, 2.24) is 4.98 Å². The molecule has 0 aliphatic heterocycles. The molecule has 3 rings (SSSR count). The van der Waals surface area contributed by atoms with Crippen molar-refractivity contribution in [3.8, 4) is 0 Å². The first-order valence-corrected chi connectivity index (χ1v) is 6.93. The lowest BCUT2D eigenvalue weighted by molar-refractivity contribution is 0.102. The molecule has 20 heavy (non-hydrogen) atoms. The molecule has 0 aliphatic carbocycles. The summed E-state index contributed by atoms with van der Waals surface area (Å²) < 4.78 is 1.02. The monoisotopic (exact) mass is 326 g/mol. The Bertz CT molecular complexity index is 772. The van der Waals surface area contributed by atoms with Gasteiger partial charge in [0.1, 0.15) is 5.82 Å². The van der Waals surface area contributed by atoms with Crippen LogP contribution in [0.5, 0.6) is 0 Å². The Morgan fingerprint density at radius 1 is 1.00 bits per heavy atom. The number of nitrogens with zero attached hydrogens (tertiary/aromatic N) is 1. The fourth-order valence-corrected chi connectivity index (χ4v) is 2.36. The zero-order valence-corrected chi connectivity index (χ0v) is 12.1. The molecule has 0 bridgehead atoms. The third-order valence-electron chi connectivity index (χ3n) is 2.97. The fourth-order valence-electron chi connectivity index (χ4n) is 1.98. The molecule has 2 aromatic carbocycles. The Morgan fingerprint density at radius 2 is 1.80 bits per heavy atom. The van der Waals surface area contributed by atoms with Crippen LogP contribution in [0, 0.1) is 0 Å². The first-order valence-electron chi connectivity index (χ1n) is 6.14. The van der Waals surface area contributed by atoms with E-state index < -0.39 is 0 Å². The van der Waals surface area contributed by atoms with Gasteiger partial charge < -0.3 is 5.32 Å². The SMILES string of the molecule is O=C(Nc1ccccn1)c1ccc2cc(Br)ccc2c1. The van der Waals surface area contributed by atoms with Crippen molar-refractivity contribution in [3.05, 3.63) is 70.8 Å². The minimum Gasteiger partial charge on any atom is -0.307 e. The van der Waals surface area contributed by atoms with Crippen LogP contribution in [0.3, 0.4) is 0 Å². The molecule has 0 spiro atoms. The number of amides is 1. The summed E-state index contributed by atoms with van der Waals surface area (Å²) in [5, 5.41) is 4.90. The summed E-state index contributed by atoms with van der Waals surface area (Å²) in [6.45, 7) is 0. The third kappa shape index (κ3) is 2.70. The highest BCUT2D eigenvalue weighted by molar-refractivity contribution is 9.10. The van der Waals surface area contributed by atoms with Crippen LogP contribution in [-0.4, -0.2) is 10.9 Å². The smallest absolute Gasteiger partial charge is 0.256 e. The molecule has 0 atom stereocenters. The summed E-state index contributed by atoms with van der Waals surface area (Å²) in [6, 6.07) is 17.0. The van der Waals surface area contributed by atoms with Crippen molar-refractivity contribution in [2.75, 3.05) is 5.32 Å². The summed E-state index contributed by atoms with van der Waals surface area (Å²) in [6.07, 6.45) is 1.65. The summed E-state index contributed by atoms with van der Waals surface area (Å²) in [4.78, 5) is 16.2. The second kappa shape index (κ2) is 5.43. The fraction of sp³-hybridized carbons (Fsp3) is 0. The van der Waals surface area contributed by atoms with E-state index in [0.717, 1.165) is 15.2 Å². The first-order chi connectivity index (χ1) is 9.72. The molecule has 4 heteroatoms. The number of carbonyl (C=O) groups is 1. The van der Waals surface area contributed by atoms with E-state index in [1.807, 2.05) is 48.5 Å². The zero-order chi connectivity index (χ0) is 13.9. The number of carbonyl (C=O) groups excluding carboxylic acids is 1. The Labute approximate surface area is 124 Å². The highest BCUT2D eigenvalue weighted by atomic mass is 79.9. The topological polar surface area (TPSA) is 42.0 Å². The van der Waals surface area contributed by atoms with Gasteiger partial charge in [-0.1, -0.05) is 34.1 Å². The van der Waals surface area contributed by atoms with Gasteiger partial charge in [-0.15, -0.1) is 0 Å². The molecule has 3 aromatic rings. The predicted octanol–water partition coefficient (Wildman–Crippen LogP) is 4.25. The van der Waals surface area contributed by atoms with Gasteiger partial charge >= 0.3 is 0 Å². The number of rotatable bonds is 2. The zero-order valence-electron chi connectivity index (χ0n) is 10.5. The highest BCUT2D eigenvalue weighted by Gasteiger charge is 2.07. The van der Waals surface area contributed by atoms with E-state index in [9.17, 15) is 4.79 Å². The standard InChI is InChI=1S/C16H11BrN2O/c17-14-7-6-11-9-13(5-4-12(11)10-14)16(20)19-15-3-1-2-8-18-15/h1-10H,(H,18,19,20). The van der Waals surface area contributed by atoms with Crippen molar-refractivity contribution >= 4 is 38.4 Å². The van der Waals surface area contributed by atoms with Crippen LogP contribution in [0.25, 0.3) is 10.8 Å². The minimum absolute atomic E-state index is 0.159. The van der Waals surface area contributed by atoms with Gasteiger partial charge in [-0.3, -0.25) is 4.79 Å². The van der Waals surface area contributed by atoms with Gasteiger partial charge in [-0.25, -0.2) is 4.98 Å². The Hall–Kier alpha value is -2.20. The highest BCUT2D eigenvalue weighted by Crippen LogP contribution is 2.21. The number of pyridine rings is 1. The quantitative estimate of drug-likeness (QED) is 0.764. The molecular formula is C16H11BrN2O. The third-order valence-corrected chi connectivity index (χ3v) is 3.46. The van der Waals surface area contributed by atoms with Gasteiger partial charge in [0.2, 0.25) is 0 Å². The molecule has 1 N–H and O–H groups in total. The van der Waals surface area contributed by atoms with Crippen molar-refractivity contribution < 1.29 is 4.79 Å². The van der Waals surface area contributed by atoms with Crippen molar-refractivity contribution in [2.45, 2.75) is 0 Å².